The molecule has 0 saturated heterocycles. The number of hydrogen-bond donors (Lipinski definition) is 0. The van der Waals surface area contributed by atoms with E-state index in [1.54, 1.807) is 43.3 Å². The van der Waals surface area contributed by atoms with Crippen LogP contribution in [-0.4, -0.2) is 39.0 Å². The topological polar surface area (TPSA) is 78.9 Å². The zero-order chi connectivity index (χ0) is 21.5. The van der Waals surface area contributed by atoms with E-state index < -0.39 is 20.6 Å². The van der Waals surface area contributed by atoms with Crippen LogP contribution in [0.3, 0.4) is 0 Å². The first-order valence-electron chi connectivity index (χ1n) is 9.65. The number of hydrogen-bond acceptors (Lipinski definition) is 6. The fourth-order valence-electron chi connectivity index (χ4n) is 2.96. The highest BCUT2D eigenvalue weighted by molar-refractivity contribution is 7.93. The van der Waals surface area contributed by atoms with E-state index in [-0.39, 0.29) is 17.9 Å². The first-order valence-corrected chi connectivity index (χ1v) is 11.1. The molecule has 0 saturated carbocycles. The first-order chi connectivity index (χ1) is 13.8. The second-order valence-electron chi connectivity index (χ2n) is 6.61. The lowest BCUT2D eigenvalue weighted by Gasteiger charge is -2.27. The number of sulfone groups is 1. The van der Waals surface area contributed by atoms with E-state index in [0.29, 0.717) is 30.3 Å². The molecule has 0 spiro atoms. The van der Waals surface area contributed by atoms with E-state index in [9.17, 15) is 13.2 Å². The normalized spacial score (nSPS) is 13.4. The summed E-state index contributed by atoms with van der Waals surface area (Å²) in [4.78, 5) is 12.8. The van der Waals surface area contributed by atoms with Gasteiger partial charge in [-0.15, -0.1) is 0 Å². The van der Waals surface area contributed by atoms with E-state index >= 15 is 0 Å². The molecule has 0 bridgehead atoms. The minimum absolute atomic E-state index is 0.0201. The third kappa shape index (κ3) is 5.09. The summed E-state index contributed by atoms with van der Waals surface area (Å²) in [6.45, 7) is 7.90. The summed E-state index contributed by atoms with van der Waals surface area (Å²) >= 11 is 0. The summed E-state index contributed by atoms with van der Waals surface area (Å²) in [5.74, 6) is 0.474. The van der Waals surface area contributed by atoms with Crippen molar-refractivity contribution < 1.29 is 27.4 Å². The molecule has 29 heavy (non-hydrogen) atoms. The number of esters is 1. The number of ether oxygens (including phenoxy) is 3. The van der Waals surface area contributed by atoms with Crippen molar-refractivity contribution in [3.8, 4) is 11.5 Å². The van der Waals surface area contributed by atoms with E-state index in [1.807, 2.05) is 13.8 Å². The van der Waals surface area contributed by atoms with Crippen LogP contribution >= 0.6 is 0 Å². The Bertz CT molecular complexity index is 903. The summed E-state index contributed by atoms with van der Waals surface area (Å²) in [5.41, 5.74) is 0.693. The van der Waals surface area contributed by atoms with E-state index in [2.05, 4.69) is 0 Å². The van der Waals surface area contributed by atoms with Gasteiger partial charge < -0.3 is 14.2 Å². The Morgan fingerprint density at radius 1 is 0.828 bits per heavy atom. The molecule has 2 aromatic rings. The summed E-state index contributed by atoms with van der Waals surface area (Å²) in [5, 5.41) is 0. The van der Waals surface area contributed by atoms with E-state index in [4.69, 9.17) is 14.2 Å². The molecule has 0 fully saturated rings. The van der Waals surface area contributed by atoms with Gasteiger partial charge in [0.2, 0.25) is 0 Å². The van der Waals surface area contributed by atoms with Crippen LogP contribution in [0.4, 0.5) is 0 Å². The van der Waals surface area contributed by atoms with Crippen LogP contribution in [0.5, 0.6) is 11.5 Å². The Labute approximate surface area is 172 Å². The van der Waals surface area contributed by atoms with Gasteiger partial charge >= 0.3 is 5.97 Å². The zero-order valence-electron chi connectivity index (χ0n) is 17.3. The molecule has 0 aliphatic carbocycles. The van der Waals surface area contributed by atoms with Crippen LogP contribution in [0.1, 0.15) is 33.3 Å². The van der Waals surface area contributed by atoms with Crippen molar-refractivity contribution in [2.45, 2.75) is 43.8 Å². The Balaban J connectivity index is 2.42. The van der Waals surface area contributed by atoms with Gasteiger partial charge in [-0.2, -0.15) is 0 Å². The average Bonchev–Trinajstić information content (AvgIpc) is 2.70. The van der Waals surface area contributed by atoms with Gasteiger partial charge in [0.15, 0.2) is 14.6 Å². The molecular weight excluding hydrogens is 392 g/mol. The van der Waals surface area contributed by atoms with Crippen molar-refractivity contribution in [2.24, 2.45) is 0 Å². The summed E-state index contributed by atoms with van der Waals surface area (Å²) < 4.78 is 41.1. The third-order valence-electron chi connectivity index (χ3n) is 4.52. The van der Waals surface area contributed by atoms with Gasteiger partial charge in [0.25, 0.3) is 0 Å². The molecule has 7 heteroatoms. The van der Waals surface area contributed by atoms with Crippen molar-refractivity contribution in [2.75, 3.05) is 19.8 Å². The molecule has 0 N–H and O–H groups in total. The minimum atomic E-state index is -4.03. The van der Waals surface area contributed by atoms with Crippen molar-refractivity contribution >= 4 is 15.8 Å². The van der Waals surface area contributed by atoms with Crippen molar-refractivity contribution in [3.63, 3.8) is 0 Å². The van der Waals surface area contributed by atoms with Gasteiger partial charge in [0.1, 0.15) is 11.5 Å². The van der Waals surface area contributed by atoms with Crippen molar-refractivity contribution in [1.29, 1.82) is 0 Å². The second kappa shape index (κ2) is 9.78. The predicted octanol–water partition coefficient (Wildman–Crippen LogP) is 3.82. The maximum atomic E-state index is 13.4. The van der Waals surface area contributed by atoms with E-state index in [1.165, 1.54) is 19.1 Å². The molecule has 0 radical (unpaired) electrons. The molecule has 0 amide bonds. The van der Waals surface area contributed by atoms with Crippen LogP contribution in [0.25, 0.3) is 0 Å². The summed E-state index contributed by atoms with van der Waals surface area (Å²) in [7, 11) is -4.03. The zero-order valence-corrected chi connectivity index (χ0v) is 18.1. The van der Waals surface area contributed by atoms with Crippen LogP contribution in [0.15, 0.2) is 53.4 Å². The standard InChI is InChI=1S/C22H28O6S/c1-5-26-18-10-8-17(9-11-18)16-22(4,21(23)28-7-3)29(24,25)20-14-12-19(13-15-20)27-6-2/h8-15H,5-7,16H2,1-4H3. The fraction of sp³-hybridized carbons (Fsp3) is 0.409. The molecule has 0 aliphatic rings. The molecule has 0 heterocycles. The average molecular weight is 421 g/mol. The molecule has 1 atom stereocenters. The number of benzene rings is 2. The molecule has 0 aromatic heterocycles. The lowest BCUT2D eigenvalue weighted by atomic mass is 10.00. The first kappa shape index (κ1) is 22.7. The number of carbonyl (C=O) groups is 1. The maximum absolute atomic E-state index is 13.4. The van der Waals surface area contributed by atoms with Gasteiger partial charge in [-0.3, -0.25) is 4.79 Å². The van der Waals surface area contributed by atoms with Gasteiger partial charge in [0.05, 0.1) is 24.7 Å². The lowest BCUT2D eigenvalue weighted by molar-refractivity contribution is -0.145. The van der Waals surface area contributed by atoms with E-state index in [0.717, 1.165) is 0 Å². The van der Waals surface area contributed by atoms with Gasteiger partial charge in [0, 0.05) is 6.42 Å². The third-order valence-corrected chi connectivity index (χ3v) is 6.91. The summed E-state index contributed by atoms with van der Waals surface area (Å²) in [6, 6.07) is 13.1. The largest absolute Gasteiger partial charge is 0.494 e. The Morgan fingerprint density at radius 2 is 1.31 bits per heavy atom. The van der Waals surface area contributed by atoms with Crippen LogP contribution in [0, 0.1) is 0 Å². The SMILES string of the molecule is CCOC(=O)C(C)(Cc1ccc(OCC)cc1)S(=O)(=O)c1ccc(OCC)cc1. The second-order valence-corrected chi connectivity index (χ2v) is 8.99. The Hall–Kier alpha value is -2.54. The number of carbonyl (C=O) groups excluding carboxylic acids is 1. The highest BCUT2D eigenvalue weighted by atomic mass is 32.2. The summed E-state index contributed by atoms with van der Waals surface area (Å²) in [6.07, 6.45) is -0.0201. The Kier molecular flexibility index (Phi) is 7.67. The van der Waals surface area contributed by atoms with Crippen LogP contribution in [0.2, 0.25) is 0 Å². The van der Waals surface area contributed by atoms with Crippen molar-refractivity contribution in [3.05, 3.63) is 54.1 Å². The molecule has 0 aliphatic heterocycles. The van der Waals surface area contributed by atoms with Crippen LogP contribution in [-0.2, 0) is 25.8 Å². The molecule has 158 valence electrons. The fourth-order valence-corrected chi connectivity index (χ4v) is 4.61. The maximum Gasteiger partial charge on any atom is 0.327 e. The lowest BCUT2D eigenvalue weighted by Crippen LogP contribution is -2.46. The Morgan fingerprint density at radius 3 is 1.76 bits per heavy atom. The van der Waals surface area contributed by atoms with Crippen molar-refractivity contribution in [1.82, 2.24) is 0 Å². The molecule has 1 unspecified atom stereocenters. The molecule has 6 nitrogen and oxygen atoms in total. The van der Waals surface area contributed by atoms with Gasteiger partial charge in [-0.05, 0) is 69.7 Å². The number of rotatable bonds is 10. The monoisotopic (exact) mass is 420 g/mol. The predicted molar refractivity (Wildman–Crippen MR) is 111 cm³/mol. The highest BCUT2D eigenvalue weighted by Crippen LogP contribution is 2.32. The minimum Gasteiger partial charge on any atom is -0.494 e. The highest BCUT2D eigenvalue weighted by Gasteiger charge is 2.48. The molecule has 2 rings (SSSR count). The molecular formula is C22H28O6S. The van der Waals surface area contributed by atoms with Crippen LogP contribution < -0.4 is 9.47 Å². The quantitative estimate of drug-likeness (QED) is 0.544. The smallest absolute Gasteiger partial charge is 0.327 e. The van der Waals surface area contributed by atoms with Gasteiger partial charge in [-0.1, -0.05) is 12.1 Å². The molecule has 2 aromatic carbocycles. The van der Waals surface area contributed by atoms with Gasteiger partial charge in [-0.25, -0.2) is 8.42 Å².